The molecule has 3 aromatic rings. The van der Waals surface area contributed by atoms with E-state index in [9.17, 15) is 14.4 Å². The molecule has 1 unspecified atom stereocenters. The Bertz CT molecular complexity index is 1250. The number of nitrogens with one attached hydrogen (secondary N) is 2. The van der Waals surface area contributed by atoms with E-state index in [0.717, 1.165) is 33.6 Å². The van der Waals surface area contributed by atoms with Gasteiger partial charge in [0.15, 0.2) is 0 Å². The van der Waals surface area contributed by atoms with E-state index >= 15 is 0 Å². The fourth-order valence-electron chi connectivity index (χ4n) is 4.48. The van der Waals surface area contributed by atoms with Gasteiger partial charge in [0, 0.05) is 13.6 Å². The highest BCUT2D eigenvalue weighted by atomic mass is 32.1. The van der Waals surface area contributed by atoms with Crippen molar-refractivity contribution >= 4 is 45.0 Å². The summed E-state index contributed by atoms with van der Waals surface area (Å²) in [6.07, 6.45) is 3.81. The van der Waals surface area contributed by atoms with Crippen molar-refractivity contribution in [1.29, 1.82) is 0 Å². The Kier molecular flexibility index (Phi) is 6.92. The molecule has 0 bridgehead atoms. The predicted octanol–water partition coefficient (Wildman–Crippen LogP) is 3.86. The Morgan fingerprint density at radius 1 is 1.21 bits per heavy atom. The number of benzene rings is 1. The number of amides is 3. The lowest BCUT2D eigenvalue weighted by molar-refractivity contribution is -0.146. The van der Waals surface area contributed by atoms with Crippen molar-refractivity contribution in [3.05, 3.63) is 52.3 Å². The molecule has 3 amide bonds. The number of aromatic nitrogens is 2. The van der Waals surface area contributed by atoms with Crippen LogP contribution < -0.4 is 10.6 Å². The van der Waals surface area contributed by atoms with E-state index in [1.807, 2.05) is 32.0 Å². The van der Waals surface area contributed by atoms with E-state index in [1.54, 1.807) is 29.4 Å². The number of aryl methyl sites for hydroxylation is 2. The average Bonchev–Trinajstić information content (AvgIpc) is 3.22. The van der Waals surface area contributed by atoms with Gasteiger partial charge in [0.05, 0.1) is 44.4 Å². The maximum atomic E-state index is 13.3. The first-order valence-electron chi connectivity index (χ1n) is 11.5. The summed E-state index contributed by atoms with van der Waals surface area (Å²) in [7, 11) is 1.54. The van der Waals surface area contributed by atoms with E-state index < -0.39 is 11.8 Å². The maximum Gasteiger partial charge on any atom is 0.313 e. The van der Waals surface area contributed by atoms with Gasteiger partial charge in [-0.05, 0) is 55.9 Å². The zero-order valence-electron chi connectivity index (χ0n) is 19.8. The molecular formula is C25H29N5O3S. The summed E-state index contributed by atoms with van der Waals surface area (Å²) in [6.45, 7) is 6.47. The summed E-state index contributed by atoms with van der Waals surface area (Å²) in [5.41, 5.74) is 3.23. The van der Waals surface area contributed by atoms with Crippen molar-refractivity contribution in [2.45, 2.75) is 46.1 Å². The fraction of sp³-hybridized carbons (Fsp3) is 0.400. The number of likely N-dealkylation sites (tertiary alicyclic amines) is 1. The first-order chi connectivity index (χ1) is 16.3. The molecule has 178 valence electrons. The average molecular weight is 480 g/mol. The first kappa shape index (κ1) is 23.8. The number of anilines is 1. The lowest BCUT2D eigenvalue weighted by Crippen LogP contribution is -2.46. The lowest BCUT2D eigenvalue weighted by Gasteiger charge is -2.38. The molecule has 1 saturated heterocycles. The standard InChI is InChI=1S/C25H29N5O3S/c1-5-19-18(23(31)26-4)11-17(12-27-19)29-24(32)25(33)30-13-14(2)6-8-21(30)16-7-9-22-20(10-16)28-15(3)34-22/h7,9-12,14,21H,5-6,8,13H2,1-4H3,(H,26,31)(H,29,32)/t14?,21-/m1/s1. The molecule has 1 fully saturated rings. The molecule has 0 aliphatic carbocycles. The zero-order valence-corrected chi connectivity index (χ0v) is 20.7. The highest BCUT2D eigenvalue weighted by Crippen LogP contribution is 2.35. The van der Waals surface area contributed by atoms with Crippen LogP contribution in [0.25, 0.3) is 10.2 Å². The van der Waals surface area contributed by atoms with Crippen molar-refractivity contribution < 1.29 is 14.4 Å². The van der Waals surface area contributed by atoms with Gasteiger partial charge in [-0.3, -0.25) is 19.4 Å². The van der Waals surface area contributed by atoms with Crippen LogP contribution in [0.2, 0.25) is 0 Å². The molecule has 0 saturated carbocycles. The van der Waals surface area contributed by atoms with Gasteiger partial charge in [-0.1, -0.05) is 19.9 Å². The number of piperidine rings is 1. The van der Waals surface area contributed by atoms with E-state index in [4.69, 9.17) is 0 Å². The number of thiazole rings is 1. The molecule has 2 aromatic heterocycles. The van der Waals surface area contributed by atoms with Crippen molar-refractivity contribution in [3.63, 3.8) is 0 Å². The molecule has 2 atom stereocenters. The molecule has 1 aromatic carbocycles. The maximum absolute atomic E-state index is 13.3. The second-order valence-corrected chi connectivity index (χ2v) is 9.96. The number of pyridine rings is 1. The number of carbonyl (C=O) groups is 3. The molecule has 8 nitrogen and oxygen atoms in total. The molecule has 4 rings (SSSR count). The normalized spacial score (nSPS) is 18.1. The molecule has 1 aliphatic heterocycles. The van der Waals surface area contributed by atoms with Gasteiger partial charge in [-0.15, -0.1) is 11.3 Å². The van der Waals surface area contributed by atoms with E-state index in [1.165, 1.54) is 6.20 Å². The van der Waals surface area contributed by atoms with E-state index in [0.29, 0.717) is 35.8 Å². The van der Waals surface area contributed by atoms with Crippen LogP contribution in [0, 0.1) is 12.8 Å². The van der Waals surface area contributed by atoms with Gasteiger partial charge < -0.3 is 15.5 Å². The summed E-state index contributed by atoms with van der Waals surface area (Å²) in [4.78, 5) is 49.0. The topological polar surface area (TPSA) is 104 Å². The van der Waals surface area contributed by atoms with Crippen LogP contribution >= 0.6 is 11.3 Å². The summed E-state index contributed by atoms with van der Waals surface area (Å²) in [5, 5.41) is 6.22. The van der Waals surface area contributed by atoms with Crippen LogP contribution in [0.15, 0.2) is 30.5 Å². The molecule has 34 heavy (non-hydrogen) atoms. The number of hydrogen-bond acceptors (Lipinski definition) is 6. The molecular weight excluding hydrogens is 450 g/mol. The van der Waals surface area contributed by atoms with E-state index in [2.05, 4.69) is 27.5 Å². The van der Waals surface area contributed by atoms with Crippen molar-refractivity contribution in [2.24, 2.45) is 5.92 Å². The number of fused-ring (bicyclic) bond motifs is 1. The van der Waals surface area contributed by atoms with Crippen LogP contribution in [0.4, 0.5) is 5.69 Å². The molecule has 1 aliphatic rings. The largest absolute Gasteiger partial charge is 0.355 e. The number of hydrogen-bond donors (Lipinski definition) is 2. The second kappa shape index (κ2) is 9.89. The van der Waals surface area contributed by atoms with Gasteiger partial charge in [-0.25, -0.2) is 4.98 Å². The second-order valence-electron chi connectivity index (χ2n) is 8.72. The van der Waals surface area contributed by atoms with Gasteiger partial charge in [-0.2, -0.15) is 0 Å². The fourth-order valence-corrected chi connectivity index (χ4v) is 5.29. The third-order valence-electron chi connectivity index (χ3n) is 6.21. The number of rotatable bonds is 4. The third-order valence-corrected chi connectivity index (χ3v) is 7.16. The van der Waals surface area contributed by atoms with Crippen LogP contribution in [-0.2, 0) is 16.0 Å². The summed E-state index contributed by atoms with van der Waals surface area (Å²) in [6, 6.07) is 7.47. The predicted molar refractivity (Wildman–Crippen MR) is 133 cm³/mol. The molecule has 2 N–H and O–H groups in total. The Morgan fingerprint density at radius 3 is 2.74 bits per heavy atom. The summed E-state index contributed by atoms with van der Waals surface area (Å²) < 4.78 is 1.11. The van der Waals surface area contributed by atoms with E-state index in [-0.39, 0.29) is 11.9 Å². The van der Waals surface area contributed by atoms with Crippen LogP contribution in [0.5, 0.6) is 0 Å². The summed E-state index contributed by atoms with van der Waals surface area (Å²) in [5.74, 6) is -1.32. The number of carbonyl (C=O) groups excluding carboxylic acids is 3. The molecule has 3 heterocycles. The molecule has 9 heteroatoms. The smallest absolute Gasteiger partial charge is 0.313 e. The first-order valence-corrected chi connectivity index (χ1v) is 12.3. The van der Waals surface area contributed by atoms with Gasteiger partial charge in [0.25, 0.3) is 5.91 Å². The Labute approximate surface area is 202 Å². The van der Waals surface area contributed by atoms with Crippen LogP contribution in [-0.4, -0.2) is 46.2 Å². The van der Waals surface area contributed by atoms with Crippen molar-refractivity contribution in [2.75, 3.05) is 18.9 Å². The summed E-state index contributed by atoms with van der Waals surface area (Å²) >= 11 is 1.64. The van der Waals surface area contributed by atoms with Crippen LogP contribution in [0.1, 0.15) is 59.4 Å². The highest BCUT2D eigenvalue weighted by molar-refractivity contribution is 7.18. The molecule has 0 spiro atoms. The van der Waals surface area contributed by atoms with Crippen LogP contribution in [0.3, 0.4) is 0 Å². The minimum atomic E-state index is -0.737. The SMILES string of the molecule is CCc1ncc(NC(=O)C(=O)N2CC(C)CC[C@@H]2c2ccc3sc(C)nc3c2)cc1C(=O)NC. The lowest BCUT2D eigenvalue weighted by atomic mass is 9.89. The monoisotopic (exact) mass is 479 g/mol. The minimum absolute atomic E-state index is 0.192. The Balaban J connectivity index is 1.57. The van der Waals surface area contributed by atoms with Gasteiger partial charge >= 0.3 is 11.8 Å². The highest BCUT2D eigenvalue weighted by Gasteiger charge is 2.34. The third kappa shape index (κ3) is 4.79. The minimum Gasteiger partial charge on any atom is -0.355 e. The van der Waals surface area contributed by atoms with Gasteiger partial charge in [0.1, 0.15) is 0 Å². The number of nitrogens with zero attached hydrogens (tertiary/aromatic N) is 3. The molecule has 0 radical (unpaired) electrons. The quantitative estimate of drug-likeness (QED) is 0.553. The van der Waals surface area contributed by atoms with Crippen molar-refractivity contribution in [3.8, 4) is 0 Å². The zero-order chi connectivity index (χ0) is 24.4. The van der Waals surface area contributed by atoms with Gasteiger partial charge in [0.2, 0.25) is 0 Å². The van der Waals surface area contributed by atoms with Crippen molar-refractivity contribution in [1.82, 2.24) is 20.2 Å². The Morgan fingerprint density at radius 2 is 2.00 bits per heavy atom. The Hall–Kier alpha value is -3.33.